The molecule has 0 aromatic heterocycles. The van der Waals surface area contributed by atoms with E-state index in [4.69, 9.17) is 6.57 Å². The summed E-state index contributed by atoms with van der Waals surface area (Å²) < 4.78 is 0. The van der Waals surface area contributed by atoms with Crippen LogP contribution in [0.15, 0.2) is 29.9 Å². The molecule has 1 atom stereocenters. The predicted octanol–water partition coefficient (Wildman–Crippen LogP) is 1.16. The maximum Gasteiger partial charge on any atom is 0.277 e. The SMILES string of the molecule is [C-]#[N+]C1C=CC=CC1=C=O. The Morgan fingerprint density at radius 1 is 1.60 bits per heavy atom. The molecule has 2 nitrogen and oxygen atoms in total. The lowest BCUT2D eigenvalue weighted by Crippen LogP contribution is -2.02. The quantitative estimate of drug-likeness (QED) is 0.357. The summed E-state index contributed by atoms with van der Waals surface area (Å²) in [5.74, 6) is 1.72. The Bertz CT molecular complexity index is 274. The van der Waals surface area contributed by atoms with E-state index in [1.54, 1.807) is 30.2 Å². The third-order valence-corrected chi connectivity index (χ3v) is 1.26. The second-order valence-corrected chi connectivity index (χ2v) is 1.88. The van der Waals surface area contributed by atoms with E-state index in [-0.39, 0.29) is 0 Å². The van der Waals surface area contributed by atoms with Crippen LogP contribution in [0.5, 0.6) is 0 Å². The molecule has 0 radical (unpaired) electrons. The Morgan fingerprint density at radius 2 is 2.40 bits per heavy atom. The van der Waals surface area contributed by atoms with Gasteiger partial charge in [-0.2, -0.15) is 0 Å². The van der Waals surface area contributed by atoms with Crippen LogP contribution in [0.4, 0.5) is 0 Å². The monoisotopic (exact) mass is 131 g/mol. The van der Waals surface area contributed by atoms with Gasteiger partial charge in [-0.1, -0.05) is 12.2 Å². The first-order valence-electron chi connectivity index (χ1n) is 2.85. The van der Waals surface area contributed by atoms with Gasteiger partial charge >= 0.3 is 0 Å². The second kappa shape index (κ2) is 2.82. The van der Waals surface area contributed by atoms with E-state index in [0.717, 1.165) is 0 Å². The van der Waals surface area contributed by atoms with Crippen LogP contribution in [0, 0.1) is 6.57 Å². The summed E-state index contributed by atoms with van der Waals surface area (Å²) in [6.45, 7) is 6.67. The van der Waals surface area contributed by atoms with E-state index < -0.39 is 6.04 Å². The van der Waals surface area contributed by atoms with E-state index in [1.807, 2.05) is 0 Å². The molecule has 0 spiro atoms. The topological polar surface area (TPSA) is 21.4 Å². The molecule has 0 saturated heterocycles. The molecule has 1 aliphatic rings. The van der Waals surface area contributed by atoms with Gasteiger partial charge in [0.2, 0.25) is 0 Å². The first-order valence-corrected chi connectivity index (χ1v) is 2.85. The van der Waals surface area contributed by atoms with Crippen LogP contribution in [0.2, 0.25) is 0 Å². The molecule has 0 bridgehead atoms. The van der Waals surface area contributed by atoms with Gasteiger partial charge in [-0.15, -0.1) is 0 Å². The highest BCUT2D eigenvalue weighted by Gasteiger charge is 2.15. The van der Waals surface area contributed by atoms with Crippen LogP contribution in [-0.2, 0) is 4.79 Å². The largest absolute Gasteiger partial charge is 0.303 e. The summed E-state index contributed by atoms with van der Waals surface area (Å²) in [4.78, 5) is 13.4. The van der Waals surface area contributed by atoms with Crippen molar-refractivity contribution in [1.29, 1.82) is 0 Å². The molecule has 0 fully saturated rings. The number of carbonyl (C=O) groups excluding carboxylic acids is 1. The van der Waals surface area contributed by atoms with Crippen molar-refractivity contribution in [2.75, 3.05) is 0 Å². The third kappa shape index (κ3) is 1.05. The molecule has 0 aromatic carbocycles. The summed E-state index contributed by atoms with van der Waals surface area (Å²) in [5, 5.41) is 0. The Labute approximate surface area is 59.0 Å². The molecule has 1 rings (SSSR count). The maximum atomic E-state index is 10.1. The number of hydrogen-bond acceptors (Lipinski definition) is 1. The fraction of sp³-hybridized carbons (Fsp3) is 0.125. The zero-order chi connectivity index (χ0) is 7.40. The molecule has 0 saturated carbocycles. The Morgan fingerprint density at radius 3 is 2.90 bits per heavy atom. The van der Waals surface area contributed by atoms with Gasteiger partial charge in [0.05, 0.1) is 0 Å². The minimum absolute atomic E-state index is 0.414. The number of hydrogen-bond donors (Lipinski definition) is 0. The van der Waals surface area contributed by atoms with E-state index in [0.29, 0.717) is 5.57 Å². The fourth-order valence-electron chi connectivity index (χ4n) is 0.738. The predicted molar refractivity (Wildman–Crippen MR) is 37.9 cm³/mol. The summed E-state index contributed by atoms with van der Waals surface area (Å²) in [5.41, 5.74) is 0.414. The molecular formula is C8H5NO. The van der Waals surface area contributed by atoms with Crippen molar-refractivity contribution < 1.29 is 4.79 Å². The van der Waals surface area contributed by atoms with E-state index in [2.05, 4.69) is 4.85 Å². The number of rotatable bonds is 0. The minimum atomic E-state index is -0.414. The van der Waals surface area contributed by atoms with Crippen LogP contribution in [-0.4, -0.2) is 12.0 Å². The summed E-state index contributed by atoms with van der Waals surface area (Å²) in [6, 6.07) is -0.414. The molecule has 10 heavy (non-hydrogen) atoms. The van der Waals surface area contributed by atoms with Crippen LogP contribution < -0.4 is 0 Å². The maximum absolute atomic E-state index is 10.1. The second-order valence-electron chi connectivity index (χ2n) is 1.88. The first kappa shape index (κ1) is 6.54. The average Bonchev–Trinajstić information content (AvgIpc) is 2.04. The van der Waals surface area contributed by atoms with Gasteiger partial charge in [0.1, 0.15) is 11.5 Å². The highest BCUT2D eigenvalue weighted by molar-refractivity contribution is 5.63. The van der Waals surface area contributed by atoms with E-state index in [9.17, 15) is 4.79 Å². The van der Waals surface area contributed by atoms with Gasteiger partial charge in [-0.25, -0.2) is 11.4 Å². The lowest BCUT2D eigenvalue weighted by Gasteiger charge is -1.98. The first-order chi connectivity index (χ1) is 4.88. The molecule has 2 heteroatoms. The van der Waals surface area contributed by atoms with Crippen molar-refractivity contribution >= 4 is 5.94 Å². The molecule has 0 aliphatic heterocycles. The van der Waals surface area contributed by atoms with Gasteiger partial charge in [0.25, 0.3) is 6.04 Å². The summed E-state index contributed by atoms with van der Waals surface area (Å²) >= 11 is 0. The number of allylic oxidation sites excluding steroid dienone is 2. The van der Waals surface area contributed by atoms with Crippen molar-refractivity contribution in [3.8, 4) is 0 Å². The lowest BCUT2D eigenvalue weighted by molar-refractivity contribution is 0.567. The Hall–Kier alpha value is -1.58. The van der Waals surface area contributed by atoms with Gasteiger partial charge in [0.15, 0.2) is 0 Å². The molecule has 1 aliphatic carbocycles. The van der Waals surface area contributed by atoms with Crippen molar-refractivity contribution in [3.63, 3.8) is 0 Å². The fourth-order valence-corrected chi connectivity index (χ4v) is 0.738. The van der Waals surface area contributed by atoms with Gasteiger partial charge in [-0.05, 0) is 6.08 Å². The zero-order valence-electron chi connectivity index (χ0n) is 5.24. The molecular weight excluding hydrogens is 126 g/mol. The van der Waals surface area contributed by atoms with Crippen LogP contribution in [0.25, 0.3) is 4.85 Å². The zero-order valence-corrected chi connectivity index (χ0v) is 5.24. The minimum Gasteiger partial charge on any atom is -0.303 e. The lowest BCUT2D eigenvalue weighted by atomic mass is 10.1. The summed E-state index contributed by atoms with van der Waals surface area (Å²) in [6.07, 6.45) is 6.76. The van der Waals surface area contributed by atoms with Crippen molar-refractivity contribution in [3.05, 3.63) is 41.3 Å². The van der Waals surface area contributed by atoms with E-state index >= 15 is 0 Å². The number of nitrogens with zero attached hydrogens (tertiary/aromatic N) is 1. The van der Waals surface area contributed by atoms with Crippen molar-refractivity contribution in [1.82, 2.24) is 0 Å². The van der Waals surface area contributed by atoms with Gasteiger partial charge in [0, 0.05) is 6.08 Å². The van der Waals surface area contributed by atoms with Crippen LogP contribution in [0.3, 0.4) is 0 Å². The van der Waals surface area contributed by atoms with Crippen LogP contribution in [0.1, 0.15) is 0 Å². The molecule has 48 valence electrons. The van der Waals surface area contributed by atoms with Crippen molar-refractivity contribution in [2.24, 2.45) is 0 Å². The normalized spacial score (nSPS) is 21.9. The van der Waals surface area contributed by atoms with E-state index in [1.165, 1.54) is 0 Å². The Balaban J connectivity index is 2.98. The average molecular weight is 131 g/mol. The smallest absolute Gasteiger partial charge is 0.277 e. The summed E-state index contributed by atoms with van der Waals surface area (Å²) in [7, 11) is 0. The van der Waals surface area contributed by atoms with Crippen molar-refractivity contribution in [2.45, 2.75) is 6.04 Å². The van der Waals surface area contributed by atoms with Gasteiger partial charge in [-0.3, -0.25) is 0 Å². The molecule has 0 N–H and O–H groups in total. The third-order valence-electron chi connectivity index (χ3n) is 1.26. The standard InChI is InChI=1S/C8H5NO/c1-9-8-5-3-2-4-7(8)6-10/h2-5,8H. The molecule has 0 heterocycles. The molecule has 0 amide bonds. The van der Waals surface area contributed by atoms with Crippen LogP contribution >= 0.6 is 0 Å². The highest BCUT2D eigenvalue weighted by atomic mass is 16.1. The highest BCUT2D eigenvalue weighted by Crippen LogP contribution is 2.11. The van der Waals surface area contributed by atoms with Gasteiger partial charge < -0.3 is 4.85 Å². The Kier molecular flexibility index (Phi) is 1.84. The molecule has 1 unspecified atom stereocenters. The molecule has 0 aromatic rings.